The van der Waals surface area contributed by atoms with Crippen LogP contribution in [0.2, 0.25) is 0 Å². The summed E-state index contributed by atoms with van der Waals surface area (Å²) in [7, 11) is 0. The summed E-state index contributed by atoms with van der Waals surface area (Å²) >= 11 is 0. The van der Waals surface area contributed by atoms with Crippen molar-refractivity contribution in [3.63, 3.8) is 0 Å². The molecule has 2 aliphatic heterocycles. The molecule has 3 heteroatoms. The van der Waals surface area contributed by atoms with Crippen molar-refractivity contribution in [2.45, 2.75) is 26.2 Å². The Morgan fingerprint density at radius 3 is 2.84 bits per heavy atom. The van der Waals surface area contributed by atoms with Crippen LogP contribution in [0.4, 0.5) is 5.69 Å². The molecular weight excluding hydrogens is 236 g/mol. The summed E-state index contributed by atoms with van der Waals surface area (Å²) in [4.78, 5) is 15.9. The van der Waals surface area contributed by atoms with E-state index in [-0.39, 0.29) is 0 Å². The number of carbonyl (C=O) groups excluding carboxylic acids is 1. The molecule has 1 saturated heterocycles. The van der Waals surface area contributed by atoms with Gasteiger partial charge in [-0.05, 0) is 36.8 Å². The first-order valence-electron chi connectivity index (χ1n) is 7.46. The van der Waals surface area contributed by atoms with Crippen molar-refractivity contribution in [3.05, 3.63) is 29.8 Å². The van der Waals surface area contributed by atoms with Crippen LogP contribution in [0.15, 0.2) is 24.3 Å². The number of nitrogens with one attached hydrogen (secondary N) is 1. The van der Waals surface area contributed by atoms with Crippen LogP contribution in [0.25, 0.3) is 0 Å². The summed E-state index contributed by atoms with van der Waals surface area (Å²) in [6.45, 7) is 6.16. The first-order chi connectivity index (χ1) is 9.24. The third-order valence-electron chi connectivity index (χ3n) is 4.57. The standard InChI is InChI=1S/C16H22N2O/c1-13-6-9-17(10-7-13)12-16(19)18-11-8-14-4-2-3-5-15(14)18/h2-5,13H,6-12H2,1H3/p+1. The van der Waals surface area contributed by atoms with Crippen LogP contribution < -0.4 is 9.80 Å². The molecule has 0 radical (unpaired) electrons. The maximum Gasteiger partial charge on any atom is 0.282 e. The van der Waals surface area contributed by atoms with Crippen molar-refractivity contribution in [2.75, 3.05) is 31.1 Å². The Hall–Kier alpha value is -1.35. The topological polar surface area (TPSA) is 24.8 Å². The van der Waals surface area contributed by atoms with Gasteiger partial charge in [0.15, 0.2) is 6.54 Å². The van der Waals surface area contributed by atoms with Crippen LogP contribution in [0, 0.1) is 5.92 Å². The number of quaternary nitrogens is 1. The minimum atomic E-state index is 0.300. The van der Waals surface area contributed by atoms with Crippen molar-refractivity contribution in [1.82, 2.24) is 0 Å². The second-order valence-electron chi connectivity index (χ2n) is 6.03. The van der Waals surface area contributed by atoms with Gasteiger partial charge in [0.25, 0.3) is 5.91 Å². The minimum absolute atomic E-state index is 0.300. The number of likely N-dealkylation sites (tertiary alicyclic amines) is 1. The maximum atomic E-state index is 12.5. The Labute approximate surface area is 115 Å². The molecule has 1 N–H and O–H groups in total. The maximum absolute atomic E-state index is 12.5. The Morgan fingerprint density at radius 2 is 2.05 bits per heavy atom. The zero-order valence-electron chi connectivity index (χ0n) is 11.7. The van der Waals surface area contributed by atoms with Gasteiger partial charge in [0.2, 0.25) is 0 Å². The number of para-hydroxylation sites is 1. The Kier molecular flexibility index (Phi) is 3.56. The monoisotopic (exact) mass is 259 g/mol. The van der Waals surface area contributed by atoms with Gasteiger partial charge in [-0.2, -0.15) is 0 Å². The molecule has 0 aliphatic carbocycles. The molecule has 2 aliphatic rings. The number of piperidine rings is 1. The van der Waals surface area contributed by atoms with E-state index in [0.717, 1.165) is 37.7 Å². The normalized spacial score (nSPS) is 26.3. The van der Waals surface area contributed by atoms with Crippen molar-refractivity contribution in [3.8, 4) is 0 Å². The predicted octanol–water partition coefficient (Wildman–Crippen LogP) is 0.891. The van der Waals surface area contributed by atoms with Crippen LogP contribution in [-0.4, -0.2) is 32.1 Å². The highest BCUT2D eigenvalue weighted by Gasteiger charge is 2.28. The van der Waals surface area contributed by atoms with E-state index in [1.807, 2.05) is 11.0 Å². The second kappa shape index (κ2) is 5.33. The number of hydrogen-bond donors (Lipinski definition) is 1. The van der Waals surface area contributed by atoms with Crippen molar-refractivity contribution in [2.24, 2.45) is 5.92 Å². The first kappa shape index (κ1) is 12.7. The fraction of sp³-hybridized carbons (Fsp3) is 0.562. The molecule has 0 spiro atoms. The number of anilines is 1. The highest BCUT2D eigenvalue weighted by Crippen LogP contribution is 2.27. The zero-order valence-corrected chi connectivity index (χ0v) is 11.7. The number of benzene rings is 1. The number of amides is 1. The van der Waals surface area contributed by atoms with E-state index >= 15 is 0 Å². The molecule has 102 valence electrons. The molecule has 0 saturated carbocycles. The molecule has 0 atom stereocenters. The zero-order chi connectivity index (χ0) is 13.2. The summed E-state index contributed by atoms with van der Waals surface area (Å²) in [5, 5.41) is 0. The van der Waals surface area contributed by atoms with Gasteiger partial charge in [-0.25, -0.2) is 0 Å². The van der Waals surface area contributed by atoms with Gasteiger partial charge >= 0.3 is 0 Å². The van der Waals surface area contributed by atoms with E-state index in [0.29, 0.717) is 12.5 Å². The molecule has 2 heterocycles. The Bertz CT molecular complexity index is 464. The molecule has 1 aromatic carbocycles. The van der Waals surface area contributed by atoms with Gasteiger partial charge in [0.1, 0.15) is 0 Å². The fourth-order valence-electron chi connectivity index (χ4n) is 3.25. The smallest absolute Gasteiger partial charge is 0.282 e. The second-order valence-corrected chi connectivity index (χ2v) is 6.03. The highest BCUT2D eigenvalue weighted by atomic mass is 16.2. The third kappa shape index (κ3) is 2.66. The predicted molar refractivity (Wildman–Crippen MR) is 76.5 cm³/mol. The lowest BCUT2D eigenvalue weighted by molar-refractivity contribution is -0.898. The summed E-state index contributed by atoms with van der Waals surface area (Å²) in [6, 6.07) is 8.30. The average Bonchev–Trinajstić information content (AvgIpc) is 2.85. The van der Waals surface area contributed by atoms with E-state index in [2.05, 4.69) is 25.1 Å². The van der Waals surface area contributed by atoms with Crippen LogP contribution in [0.5, 0.6) is 0 Å². The quantitative estimate of drug-likeness (QED) is 0.838. The number of carbonyl (C=O) groups is 1. The van der Waals surface area contributed by atoms with Crippen LogP contribution >= 0.6 is 0 Å². The Morgan fingerprint density at radius 1 is 1.32 bits per heavy atom. The van der Waals surface area contributed by atoms with Gasteiger partial charge in [0.05, 0.1) is 13.1 Å². The van der Waals surface area contributed by atoms with Gasteiger partial charge in [-0.3, -0.25) is 4.79 Å². The van der Waals surface area contributed by atoms with E-state index < -0.39 is 0 Å². The molecule has 3 nitrogen and oxygen atoms in total. The SMILES string of the molecule is CC1CC[NH+](CC(=O)N2CCc3ccccc32)CC1. The molecule has 1 amide bonds. The van der Waals surface area contributed by atoms with Gasteiger partial charge in [0, 0.05) is 12.2 Å². The molecule has 0 aromatic heterocycles. The number of fused-ring (bicyclic) bond motifs is 1. The van der Waals surface area contributed by atoms with Crippen LogP contribution in [0.3, 0.4) is 0 Å². The third-order valence-corrected chi connectivity index (χ3v) is 4.57. The summed E-state index contributed by atoms with van der Waals surface area (Å²) in [5.74, 6) is 1.14. The minimum Gasteiger partial charge on any atom is -0.327 e. The number of hydrogen-bond acceptors (Lipinski definition) is 1. The molecule has 0 bridgehead atoms. The van der Waals surface area contributed by atoms with E-state index in [4.69, 9.17) is 0 Å². The highest BCUT2D eigenvalue weighted by molar-refractivity contribution is 5.96. The molecule has 1 fully saturated rings. The van der Waals surface area contributed by atoms with E-state index in [1.165, 1.54) is 23.3 Å². The molecular formula is C16H23N2O+. The average molecular weight is 259 g/mol. The molecule has 19 heavy (non-hydrogen) atoms. The lowest BCUT2D eigenvalue weighted by Gasteiger charge is -2.28. The van der Waals surface area contributed by atoms with Crippen LogP contribution in [0.1, 0.15) is 25.3 Å². The Balaban J connectivity index is 1.63. The lowest BCUT2D eigenvalue weighted by atomic mass is 9.99. The van der Waals surface area contributed by atoms with Crippen molar-refractivity contribution in [1.29, 1.82) is 0 Å². The van der Waals surface area contributed by atoms with Crippen LogP contribution in [-0.2, 0) is 11.2 Å². The molecule has 1 aromatic rings. The largest absolute Gasteiger partial charge is 0.327 e. The molecule has 0 unspecified atom stereocenters. The number of nitrogens with zero attached hydrogens (tertiary/aromatic N) is 1. The van der Waals surface area contributed by atoms with E-state index in [1.54, 1.807) is 0 Å². The first-order valence-corrected chi connectivity index (χ1v) is 7.46. The van der Waals surface area contributed by atoms with Gasteiger partial charge in [-0.15, -0.1) is 0 Å². The number of rotatable bonds is 2. The lowest BCUT2D eigenvalue weighted by Crippen LogP contribution is -3.14. The van der Waals surface area contributed by atoms with Crippen molar-refractivity contribution < 1.29 is 9.69 Å². The van der Waals surface area contributed by atoms with Crippen molar-refractivity contribution >= 4 is 11.6 Å². The summed E-state index contributed by atoms with van der Waals surface area (Å²) in [6.07, 6.45) is 3.53. The van der Waals surface area contributed by atoms with E-state index in [9.17, 15) is 4.79 Å². The fourth-order valence-corrected chi connectivity index (χ4v) is 3.25. The summed E-state index contributed by atoms with van der Waals surface area (Å²) in [5.41, 5.74) is 2.45. The van der Waals surface area contributed by atoms with Gasteiger partial charge in [-0.1, -0.05) is 25.1 Å². The molecule has 3 rings (SSSR count). The summed E-state index contributed by atoms with van der Waals surface area (Å²) < 4.78 is 0. The van der Waals surface area contributed by atoms with Gasteiger partial charge < -0.3 is 9.80 Å².